The lowest BCUT2D eigenvalue weighted by atomic mass is 9.95. The molecule has 0 aliphatic heterocycles. The molecule has 44 heavy (non-hydrogen) atoms. The van der Waals surface area contributed by atoms with Crippen LogP contribution in [-0.2, 0) is 12.8 Å². The van der Waals surface area contributed by atoms with Gasteiger partial charge in [0.05, 0.1) is 11.0 Å². The Morgan fingerprint density at radius 3 is 1.84 bits per heavy atom. The largest absolute Gasteiger partial charge is 0.309 e. The summed E-state index contributed by atoms with van der Waals surface area (Å²) in [5, 5.41) is 6.99. The first-order valence-electron chi connectivity index (χ1n) is 15.4. The zero-order valence-electron chi connectivity index (χ0n) is 24.2. The van der Waals surface area contributed by atoms with Crippen molar-refractivity contribution in [2.45, 2.75) is 25.7 Å². The van der Waals surface area contributed by atoms with Crippen molar-refractivity contribution in [1.29, 1.82) is 0 Å². The van der Waals surface area contributed by atoms with Gasteiger partial charge in [0, 0.05) is 32.7 Å². The van der Waals surface area contributed by atoms with Gasteiger partial charge in [-0.15, -0.1) is 0 Å². The number of rotatable bonds is 4. The zero-order chi connectivity index (χ0) is 29.0. The molecule has 5 heteroatoms. The van der Waals surface area contributed by atoms with Crippen LogP contribution in [0.1, 0.15) is 23.7 Å². The second-order valence-corrected chi connectivity index (χ2v) is 13.6. The van der Waals surface area contributed by atoms with Crippen LogP contribution in [0.3, 0.4) is 0 Å². The number of hydrogen-bond acceptors (Lipinski definition) is 3. The highest BCUT2D eigenvalue weighted by Gasteiger charge is 2.27. The fourth-order valence-electron chi connectivity index (χ4n) is 7.05. The molecule has 8 aromatic rings. The van der Waals surface area contributed by atoms with Gasteiger partial charge in [-0.3, -0.25) is 0 Å². The van der Waals surface area contributed by atoms with Gasteiger partial charge in [-0.2, -0.15) is 0 Å². The summed E-state index contributed by atoms with van der Waals surface area (Å²) in [6.45, 7) is 0. The predicted molar refractivity (Wildman–Crippen MR) is 183 cm³/mol. The molecule has 0 saturated carbocycles. The Bertz CT molecular complexity index is 2260. The van der Waals surface area contributed by atoms with Gasteiger partial charge in [-0.1, -0.05) is 103 Å². The lowest BCUT2D eigenvalue weighted by Crippen LogP contribution is -2.00. The van der Waals surface area contributed by atoms with E-state index in [1.165, 1.54) is 56.4 Å². The monoisotopic (exact) mass is 584 g/mol. The molecule has 0 radical (unpaired) electrons. The normalized spacial score (nSPS) is 13.5. The molecule has 1 unspecified atom stereocenters. The van der Waals surface area contributed by atoms with E-state index in [0.29, 0.717) is 0 Å². The Morgan fingerprint density at radius 1 is 0.523 bits per heavy atom. The molecular weight excluding hydrogens is 555 g/mol. The quantitative estimate of drug-likeness (QED) is 0.207. The summed E-state index contributed by atoms with van der Waals surface area (Å²) in [5.41, 5.74) is 8.11. The Morgan fingerprint density at radius 2 is 1.14 bits per heavy atom. The molecule has 0 N–H and O–H groups in total. The van der Waals surface area contributed by atoms with Crippen LogP contribution in [0.4, 0.5) is 0 Å². The molecule has 0 saturated heterocycles. The fraction of sp³-hybridized carbons (Fsp3) is 0.103. The Labute approximate surface area is 256 Å². The van der Waals surface area contributed by atoms with Crippen molar-refractivity contribution < 1.29 is 0 Å². The molecule has 0 spiro atoms. The van der Waals surface area contributed by atoms with Crippen LogP contribution in [0, 0.1) is 0 Å². The number of fused-ring (bicyclic) bond motifs is 7. The number of benzene rings is 5. The van der Waals surface area contributed by atoms with Crippen LogP contribution < -0.4 is 0 Å². The van der Waals surface area contributed by atoms with Crippen molar-refractivity contribution in [3.63, 3.8) is 0 Å². The highest BCUT2D eigenvalue weighted by atomic mass is 31.1. The second kappa shape index (κ2) is 10.3. The molecule has 3 aromatic heterocycles. The van der Waals surface area contributed by atoms with E-state index in [1.807, 2.05) is 12.1 Å². The van der Waals surface area contributed by atoms with Crippen molar-refractivity contribution in [3.8, 4) is 34.0 Å². The van der Waals surface area contributed by atoms with Crippen LogP contribution >= 0.6 is 7.53 Å². The van der Waals surface area contributed by atoms with Crippen molar-refractivity contribution in [3.05, 3.63) is 138 Å². The second-order valence-electron chi connectivity index (χ2n) is 11.5. The van der Waals surface area contributed by atoms with Crippen molar-refractivity contribution in [2.24, 2.45) is 0 Å². The molecule has 1 aliphatic rings. The van der Waals surface area contributed by atoms with E-state index >= 15 is 0 Å². The Hall–Kier alpha value is -5.05. The molecule has 0 bridgehead atoms. The molecule has 9 rings (SSSR count). The van der Waals surface area contributed by atoms with E-state index in [9.17, 15) is 0 Å². The van der Waals surface area contributed by atoms with Gasteiger partial charge in [0.1, 0.15) is 0 Å². The van der Waals surface area contributed by atoms with Gasteiger partial charge in [-0.25, -0.2) is 15.0 Å². The summed E-state index contributed by atoms with van der Waals surface area (Å²) in [4.78, 5) is 15.7. The lowest BCUT2D eigenvalue weighted by Gasteiger charge is -2.14. The standard InChI is InChI=1S/C39H29N4P/c1-4-14-26(15-5-1)37-40-38(27-16-6-2-7-17-27)42-39(41-37)44-34-23-13-11-20-29(34)30-24-25-33-35(36(30)44)31-21-10-12-22-32(31)43(33)28-18-8-3-9-19-28/h1-10,12,14-19,21-22,24-25H,11,13,20,23H2. The summed E-state index contributed by atoms with van der Waals surface area (Å²) >= 11 is 0. The molecule has 0 fully saturated rings. The van der Waals surface area contributed by atoms with E-state index in [4.69, 9.17) is 15.0 Å². The summed E-state index contributed by atoms with van der Waals surface area (Å²) in [5.74, 6) is 1.48. The van der Waals surface area contributed by atoms with Gasteiger partial charge in [-0.05, 0) is 73.7 Å². The van der Waals surface area contributed by atoms with Gasteiger partial charge in [0.15, 0.2) is 17.2 Å². The molecule has 1 atom stereocenters. The minimum atomic E-state index is -0.951. The Balaban J connectivity index is 1.43. The molecule has 210 valence electrons. The van der Waals surface area contributed by atoms with Crippen LogP contribution in [0.15, 0.2) is 127 Å². The van der Waals surface area contributed by atoms with Crippen molar-refractivity contribution >= 4 is 39.8 Å². The van der Waals surface area contributed by atoms with Gasteiger partial charge >= 0.3 is 0 Å². The number of aromatic nitrogens is 4. The smallest absolute Gasteiger partial charge is 0.180 e. The van der Waals surface area contributed by atoms with E-state index in [1.54, 1.807) is 5.30 Å². The minimum absolute atomic E-state index is 0.738. The molecule has 5 aromatic carbocycles. The van der Waals surface area contributed by atoms with Crippen molar-refractivity contribution in [2.75, 3.05) is 0 Å². The van der Waals surface area contributed by atoms with E-state index < -0.39 is 7.53 Å². The van der Waals surface area contributed by atoms with E-state index in [-0.39, 0.29) is 0 Å². The van der Waals surface area contributed by atoms with Gasteiger partial charge < -0.3 is 4.57 Å². The minimum Gasteiger partial charge on any atom is -0.309 e. The first-order chi connectivity index (χ1) is 21.8. The fourth-order valence-corrected chi connectivity index (χ4v) is 9.95. The highest BCUT2D eigenvalue weighted by molar-refractivity contribution is 7.63. The van der Waals surface area contributed by atoms with Gasteiger partial charge in [0.2, 0.25) is 0 Å². The van der Waals surface area contributed by atoms with Crippen LogP contribution in [0.5, 0.6) is 0 Å². The molecule has 3 heterocycles. The maximum Gasteiger partial charge on any atom is 0.180 e. The third-order valence-corrected chi connectivity index (χ3v) is 11.5. The van der Waals surface area contributed by atoms with Crippen LogP contribution in [0.2, 0.25) is 0 Å². The third-order valence-electron chi connectivity index (χ3n) is 8.97. The average Bonchev–Trinajstić information content (AvgIpc) is 3.62. The van der Waals surface area contributed by atoms with Crippen LogP contribution in [0.25, 0.3) is 66.3 Å². The third kappa shape index (κ3) is 3.95. The Kier molecular flexibility index (Phi) is 5.95. The molecular formula is C39H29N4P. The van der Waals surface area contributed by atoms with Gasteiger partial charge in [0.25, 0.3) is 0 Å². The lowest BCUT2D eigenvalue weighted by molar-refractivity contribution is 0.700. The predicted octanol–water partition coefficient (Wildman–Crippen LogP) is 10.3. The average molecular weight is 585 g/mol. The topological polar surface area (TPSA) is 43.6 Å². The summed E-state index contributed by atoms with van der Waals surface area (Å²) < 4.78 is 2.42. The van der Waals surface area contributed by atoms with Crippen LogP contribution in [-0.4, -0.2) is 19.5 Å². The van der Waals surface area contributed by atoms with E-state index in [2.05, 4.69) is 120 Å². The maximum atomic E-state index is 5.32. The first-order valence-corrected chi connectivity index (χ1v) is 16.7. The number of nitrogens with zero attached hydrogens (tertiary/aromatic N) is 4. The number of para-hydroxylation sites is 2. The number of hydrogen-bond donors (Lipinski definition) is 0. The maximum absolute atomic E-state index is 5.32. The molecule has 0 amide bonds. The number of aryl methyl sites for hydroxylation is 1. The van der Waals surface area contributed by atoms with Crippen molar-refractivity contribution in [1.82, 2.24) is 19.5 Å². The molecule has 1 aliphatic carbocycles. The summed E-state index contributed by atoms with van der Waals surface area (Å²) in [7, 11) is -0.951. The SMILES string of the molecule is c1ccc(-c2nc(-c3ccccc3)nc(-p3c4c(c5ccc6c(c7ccccc7n6-c6ccccc6)c53)CCCC4)n2)cc1. The zero-order valence-corrected chi connectivity index (χ0v) is 25.1. The summed E-state index contributed by atoms with van der Waals surface area (Å²) in [6.07, 6.45) is 4.66. The summed E-state index contributed by atoms with van der Waals surface area (Å²) in [6, 6.07) is 45.0. The molecule has 4 nitrogen and oxygen atoms in total. The first kappa shape index (κ1) is 25.4. The van der Waals surface area contributed by atoms with E-state index in [0.717, 1.165) is 41.2 Å². The highest BCUT2D eigenvalue weighted by Crippen LogP contribution is 2.58.